The summed E-state index contributed by atoms with van der Waals surface area (Å²) in [5.41, 5.74) is 6.33. The van der Waals surface area contributed by atoms with Gasteiger partial charge in [-0.2, -0.15) is 0 Å². The number of hydrogen-bond donors (Lipinski definition) is 1. The van der Waals surface area contributed by atoms with E-state index in [0.29, 0.717) is 31.9 Å². The molecule has 0 unspecified atom stereocenters. The van der Waals surface area contributed by atoms with E-state index >= 15 is 0 Å². The van der Waals surface area contributed by atoms with E-state index in [9.17, 15) is 4.79 Å². The average Bonchev–Trinajstić information content (AvgIpc) is 2.48. The molecule has 1 heterocycles. The quantitative estimate of drug-likeness (QED) is 0.810. The lowest BCUT2D eigenvalue weighted by Crippen LogP contribution is -2.48. The fourth-order valence-electron chi connectivity index (χ4n) is 1.94. The van der Waals surface area contributed by atoms with Crippen molar-refractivity contribution in [1.82, 2.24) is 9.80 Å². The SMILES string of the molecule is [2H]C([2H])([2H])N1CCN(CC(=O)N(c2ccc(N)cc2)C([2H])([2H])[2H])CC1. The van der Waals surface area contributed by atoms with Crippen molar-refractivity contribution < 1.29 is 13.0 Å². The van der Waals surface area contributed by atoms with Crippen LogP contribution in [-0.2, 0) is 4.79 Å². The number of benzene rings is 1. The predicted molar refractivity (Wildman–Crippen MR) is 78.2 cm³/mol. The van der Waals surface area contributed by atoms with Gasteiger partial charge in [-0.1, -0.05) is 0 Å². The first-order valence-electron chi connectivity index (χ1n) is 9.14. The Morgan fingerprint density at radius 1 is 1.32 bits per heavy atom. The number of likely N-dealkylation sites (N-methyl/N-ethyl adjacent to an activating group) is 2. The van der Waals surface area contributed by atoms with Gasteiger partial charge in [0.15, 0.2) is 0 Å². The predicted octanol–water partition coefficient (Wildman–Crippen LogP) is 0.479. The van der Waals surface area contributed by atoms with Crippen LogP contribution in [-0.4, -0.2) is 62.4 Å². The van der Waals surface area contributed by atoms with E-state index in [-0.39, 0.29) is 12.2 Å². The lowest BCUT2D eigenvalue weighted by atomic mass is 10.2. The lowest BCUT2D eigenvalue weighted by molar-refractivity contribution is -0.119. The molecule has 2 N–H and O–H groups in total. The van der Waals surface area contributed by atoms with Crippen molar-refractivity contribution in [3.05, 3.63) is 24.3 Å². The summed E-state index contributed by atoms with van der Waals surface area (Å²) in [5, 5.41) is 0. The topological polar surface area (TPSA) is 52.8 Å². The van der Waals surface area contributed by atoms with Gasteiger partial charge in [0.2, 0.25) is 5.91 Å². The fourth-order valence-corrected chi connectivity index (χ4v) is 1.94. The third-order valence-corrected chi connectivity index (χ3v) is 3.13. The number of hydrogen-bond acceptors (Lipinski definition) is 4. The second-order valence-electron chi connectivity index (χ2n) is 4.58. The summed E-state index contributed by atoms with van der Waals surface area (Å²) in [4.78, 5) is 16.5. The van der Waals surface area contributed by atoms with Crippen molar-refractivity contribution in [3.8, 4) is 0 Å². The van der Waals surface area contributed by atoms with Gasteiger partial charge in [0.25, 0.3) is 0 Å². The maximum atomic E-state index is 12.6. The van der Waals surface area contributed by atoms with Crippen LogP contribution in [0.2, 0.25) is 0 Å². The second-order valence-corrected chi connectivity index (χ2v) is 4.58. The molecule has 5 nitrogen and oxygen atoms in total. The maximum absolute atomic E-state index is 12.6. The minimum absolute atomic E-state index is 0.0857. The van der Waals surface area contributed by atoms with Crippen LogP contribution in [0.5, 0.6) is 0 Å². The van der Waals surface area contributed by atoms with Crippen LogP contribution in [0.4, 0.5) is 11.4 Å². The van der Waals surface area contributed by atoms with Gasteiger partial charge in [0.1, 0.15) is 0 Å². The summed E-state index contributed by atoms with van der Waals surface area (Å²) in [6, 6.07) is 6.06. The molecule has 0 radical (unpaired) electrons. The summed E-state index contributed by atoms with van der Waals surface area (Å²) < 4.78 is 45.1. The van der Waals surface area contributed by atoms with Crippen molar-refractivity contribution in [1.29, 1.82) is 0 Å². The number of nitrogens with zero attached hydrogens (tertiary/aromatic N) is 3. The third-order valence-electron chi connectivity index (χ3n) is 3.13. The minimum Gasteiger partial charge on any atom is -0.399 e. The van der Waals surface area contributed by atoms with Gasteiger partial charge >= 0.3 is 0 Å². The largest absolute Gasteiger partial charge is 0.399 e. The molecule has 0 aromatic heterocycles. The van der Waals surface area contributed by atoms with Crippen molar-refractivity contribution in [2.75, 3.05) is 57.3 Å². The first-order valence-corrected chi connectivity index (χ1v) is 6.14. The van der Waals surface area contributed by atoms with Gasteiger partial charge in [0, 0.05) is 52.8 Å². The smallest absolute Gasteiger partial charge is 0.240 e. The number of amides is 1. The van der Waals surface area contributed by atoms with E-state index in [0.717, 1.165) is 4.90 Å². The van der Waals surface area contributed by atoms with Gasteiger partial charge in [-0.05, 0) is 31.2 Å². The molecule has 1 saturated heterocycles. The van der Waals surface area contributed by atoms with Crippen LogP contribution in [0.15, 0.2) is 24.3 Å². The van der Waals surface area contributed by atoms with Crippen LogP contribution < -0.4 is 10.6 Å². The highest BCUT2D eigenvalue weighted by atomic mass is 16.2. The number of carbonyl (C=O) groups is 1. The molecule has 2 rings (SSSR count). The summed E-state index contributed by atoms with van der Waals surface area (Å²) in [6.07, 6.45) is 0. The Bertz CT molecular complexity index is 593. The van der Waals surface area contributed by atoms with Crippen LogP contribution in [0.25, 0.3) is 0 Å². The normalized spacial score (nSPS) is 23.4. The average molecular weight is 268 g/mol. The van der Waals surface area contributed by atoms with Crippen LogP contribution >= 0.6 is 0 Å². The number of rotatable bonds is 3. The van der Waals surface area contributed by atoms with Gasteiger partial charge in [-0.15, -0.1) is 0 Å². The molecule has 1 aliphatic heterocycles. The summed E-state index contributed by atoms with van der Waals surface area (Å²) in [7, 11) is 0. The van der Waals surface area contributed by atoms with Gasteiger partial charge in [0.05, 0.1) is 6.54 Å². The van der Waals surface area contributed by atoms with E-state index in [1.807, 2.05) is 0 Å². The maximum Gasteiger partial charge on any atom is 0.240 e. The zero-order valence-corrected chi connectivity index (χ0v) is 10.7. The third kappa shape index (κ3) is 3.68. The molecule has 5 heteroatoms. The Kier molecular flexibility index (Phi) is 2.50. The van der Waals surface area contributed by atoms with E-state index < -0.39 is 19.9 Å². The standard InChI is InChI=1S/C14H22N4O/c1-16-7-9-18(10-8-16)11-14(19)17(2)13-5-3-12(15)4-6-13/h3-6H,7-11,15H2,1-2H3/i1D3,2D3. The molecule has 0 bridgehead atoms. The highest BCUT2D eigenvalue weighted by molar-refractivity contribution is 5.94. The van der Waals surface area contributed by atoms with E-state index in [4.69, 9.17) is 14.0 Å². The Hall–Kier alpha value is -1.59. The Labute approximate surface area is 123 Å². The Morgan fingerprint density at radius 2 is 2.00 bits per heavy atom. The fraction of sp³-hybridized carbons (Fsp3) is 0.500. The Morgan fingerprint density at radius 3 is 2.58 bits per heavy atom. The van der Waals surface area contributed by atoms with Crippen LogP contribution in [0.3, 0.4) is 0 Å². The first-order chi connectivity index (χ1) is 11.5. The molecular formula is C14H22N4O. The lowest BCUT2D eigenvalue weighted by Gasteiger charge is -2.32. The summed E-state index contributed by atoms with van der Waals surface area (Å²) in [5.74, 6) is -0.563. The van der Waals surface area contributed by atoms with E-state index in [1.54, 1.807) is 4.90 Å². The van der Waals surface area contributed by atoms with Crippen molar-refractivity contribution in [2.45, 2.75) is 0 Å². The molecule has 0 saturated carbocycles. The van der Waals surface area contributed by atoms with E-state index in [1.165, 1.54) is 29.2 Å². The van der Waals surface area contributed by atoms with Crippen molar-refractivity contribution >= 4 is 17.3 Å². The molecule has 1 aromatic carbocycles. The molecule has 1 fully saturated rings. The van der Waals surface area contributed by atoms with Gasteiger partial charge in [-0.25, -0.2) is 0 Å². The molecule has 104 valence electrons. The number of nitrogen functional groups attached to an aromatic ring is 1. The molecule has 0 spiro atoms. The number of anilines is 2. The molecule has 1 amide bonds. The van der Waals surface area contributed by atoms with Crippen molar-refractivity contribution in [2.24, 2.45) is 0 Å². The summed E-state index contributed by atoms with van der Waals surface area (Å²) >= 11 is 0. The molecule has 19 heavy (non-hydrogen) atoms. The van der Waals surface area contributed by atoms with E-state index in [2.05, 4.69) is 0 Å². The number of carbonyl (C=O) groups excluding carboxylic acids is 1. The van der Waals surface area contributed by atoms with Gasteiger partial charge < -0.3 is 15.5 Å². The summed E-state index contributed by atoms with van der Waals surface area (Å²) in [6.45, 7) is -3.46. The highest BCUT2D eigenvalue weighted by Gasteiger charge is 2.19. The van der Waals surface area contributed by atoms with Crippen molar-refractivity contribution in [3.63, 3.8) is 0 Å². The van der Waals surface area contributed by atoms with Crippen LogP contribution in [0, 0.1) is 0 Å². The molecule has 0 aliphatic carbocycles. The second kappa shape index (κ2) is 6.04. The minimum atomic E-state index is -2.62. The number of piperazine rings is 1. The van der Waals surface area contributed by atoms with Crippen LogP contribution in [0.1, 0.15) is 8.22 Å². The monoisotopic (exact) mass is 268 g/mol. The highest BCUT2D eigenvalue weighted by Crippen LogP contribution is 2.15. The zero-order chi connectivity index (χ0) is 18.8. The molecular weight excluding hydrogens is 240 g/mol. The number of nitrogens with two attached hydrogens (primary N) is 1. The zero-order valence-electron chi connectivity index (χ0n) is 16.7. The molecule has 1 aliphatic rings. The van der Waals surface area contributed by atoms with Gasteiger partial charge in [-0.3, -0.25) is 9.69 Å². The molecule has 1 aromatic rings. The Balaban J connectivity index is 2.05. The molecule has 0 atom stereocenters. The first kappa shape index (κ1) is 7.87.